The zero-order valence-corrected chi connectivity index (χ0v) is 16.8. The predicted molar refractivity (Wildman–Crippen MR) is 107 cm³/mol. The zero-order chi connectivity index (χ0) is 19.9. The summed E-state index contributed by atoms with van der Waals surface area (Å²) < 4.78 is 10.8. The van der Waals surface area contributed by atoms with Crippen molar-refractivity contribution in [2.45, 2.75) is 45.9 Å². The largest absolute Gasteiger partial charge is 0.467 e. The number of nitrogens with one attached hydrogen (secondary N) is 1. The minimum Gasteiger partial charge on any atom is -0.467 e. The van der Waals surface area contributed by atoms with Gasteiger partial charge in [0.2, 0.25) is 5.89 Å². The fourth-order valence-electron chi connectivity index (χ4n) is 2.83. The highest BCUT2D eigenvalue weighted by Gasteiger charge is 2.18. The molecule has 6 nitrogen and oxygen atoms in total. The van der Waals surface area contributed by atoms with Crippen LogP contribution in [0.4, 0.5) is 0 Å². The van der Waals surface area contributed by atoms with E-state index in [-0.39, 0.29) is 11.6 Å². The molecule has 7 heteroatoms. The molecule has 0 spiro atoms. The molecule has 3 aromatic rings. The highest BCUT2D eigenvalue weighted by atomic mass is 35.5. The molecule has 2 heterocycles. The first-order chi connectivity index (χ1) is 13.5. The second-order valence-electron chi connectivity index (χ2n) is 6.68. The number of amides is 1. The fraction of sp³-hybridized carbons (Fsp3) is 0.333. The Morgan fingerprint density at radius 3 is 2.82 bits per heavy atom. The molecule has 0 fully saturated rings. The van der Waals surface area contributed by atoms with Crippen molar-refractivity contribution < 1.29 is 13.6 Å². The van der Waals surface area contributed by atoms with Crippen LogP contribution in [-0.4, -0.2) is 21.8 Å². The van der Waals surface area contributed by atoms with Gasteiger partial charge in [0.25, 0.3) is 5.91 Å². The summed E-state index contributed by atoms with van der Waals surface area (Å²) in [6.07, 6.45) is 3.94. The lowest BCUT2D eigenvalue weighted by Gasteiger charge is -2.27. The van der Waals surface area contributed by atoms with Gasteiger partial charge < -0.3 is 14.2 Å². The van der Waals surface area contributed by atoms with Crippen molar-refractivity contribution in [3.05, 3.63) is 76.9 Å². The summed E-state index contributed by atoms with van der Waals surface area (Å²) in [7, 11) is 0. The van der Waals surface area contributed by atoms with Crippen LogP contribution in [0.3, 0.4) is 0 Å². The molecule has 28 heavy (non-hydrogen) atoms. The van der Waals surface area contributed by atoms with Crippen LogP contribution >= 0.6 is 11.6 Å². The van der Waals surface area contributed by atoms with Crippen LogP contribution in [0.15, 0.2) is 57.8 Å². The van der Waals surface area contributed by atoms with Gasteiger partial charge in [-0.05, 0) is 43.2 Å². The van der Waals surface area contributed by atoms with Gasteiger partial charge in [-0.25, -0.2) is 4.98 Å². The molecule has 0 saturated heterocycles. The summed E-state index contributed by atoms with van der Waals surface area (Å²) in [5.41, 5.74) is 1.38. The van der Waals surface area contributed by atoms with Gasteiger partial charge in [-0.1, -0.05) is 30.7 Å². The first-order valence-corrected chi connectivity index (χ1v) is 9.66. The second kappa shape index (κ2) is 9.57. The number of halogens is 1. The van der Waals surface area contributed by atoms with Crippen molar-refractivity contribution in [2.75, 3.05) is 0 Å². The molecule has 3 rings (SSSR count). The molecule has 0 bridgehead atoms. The van der Waals surface area contributed by atoms with Crippen LogP contribution in [-0.2, 0) is 19.6 Å². The summed E-state index contributed by atoms with van der Waals surface area (Å²) >= 11 is 6.11. The highest BCUT2D eigenvalue weighted by molar-refractivity contribution is 6.30. The normalized spacial score (nSPS) is 12.3. The summed E-state index contributed by atoms with van der Waals surface area (Å²) in [6, 6.07) is 11.7. The van der Waals surface area contributed by atoms with Crippen molar-refractivity contribution in [2.24, 2.45) is 0 Å². The lowest BCUT2D eigenvalue weighted by Crippen LogP contribution is -2.31. The third-order valence-corrected chi connectivity index (χ3v) is 4.85. The van der Waals surface area contributed by atoms with E-state index in [9.17, 15) is 4.79 Å². The number of nitrogens with zero attached hydrogens (tertiary/aromatic N) is 2. The molecule has 1 unspecified atom stereocenters. The van der Waals surface area contributed by atoms with Crippen LogP contribution in [0.5, 0.6) is 0 Å². The quantitative estimate of drug-likeness (QED) is 0.565. The van der Waals surface area contributed by atoms with Gasteiger partial charge in [-0.15, -0.1) is 0 Å². The number of benzene rings is 1. The SMILES string of the molecule is CCC(C)N(Cc1cccc(Cl)c1)Cc1nc(C(=O)NCc2ccco2)co1. The van der Waals surface area contributed by atoms with E-state index >= 15 is 0 Å². The Hall–Kier alpha value is -2.57. The van der Waals surface area contributed by atoms with E-state index in [0.717, 1.165) is 18.5 Å². The molecule has 0 radical (unpaired) electrons. The molecule has 2 aromatic heterocycles. The molecule has 1 atom stereocenters. The van der Waals surface area contributed by atoms with Crippen LogP contribution in [0.1, 0.15) is 48.0 Å². The number of carbonyl (C=O) groups excluding carboxylic acids is 1. The minimum absolute atomic E-state index is 0.258. The van der Waals surface area contributed by atoms with Crippen LogP contribution in [0.2, 0.25) is 5.02 Å². The predicted octanol–water partition coefficient (Wildman–Crippen LogP) is 4.65. The maximum atomic E-state index is 12.3. The van der Waals surface area contributed by atoms with Gasteiger partial charge in [0.15, 0.2) is 5.69 Å². The first-order valence-electron chi connectivity index (χ1n) is 9.28. The highest BCUT2D eigenvalue weighted by Crippen LogP contribution is 2.18. The molecule has 1 N–H and O–H groups in total. The van der Waals surface area contributed by atoms with Gasteiger partial charge in [-0.3, -0.25) is 9.69 Å². The van der Waals surface area contributed by atoms with Crippen molar-refractivity contribution in [3.63, 3.8) is 0 Å². The van der Waals surface area contributed by atoms with E-state index < -0.39 is 0 Å². The first kappa shape index (κ1) is 20.2. The molecular formula is C21H24ClN3O3. The third-order valence-electron chi connectivity index (χ3n) is 4.61. The van der Waals surface area contributed by atoms with Gasteiger partial charge in [0.1, 0.15) is 12.0 Å². The molecule has 1 aromatic carbocycles. The number of oxazole rings is 1. The Bertz CT molecular complexity index is 892. The molecular weight excluding hydrogens is 378 g/mol. The van der Waals surface area contributed by atoms with Crippen LogP contribution in [0, 0.1) is 0 Å². The van der Waals surface area contributed by atoms with E-state index in [1.807, 2.05) is 24.3 Å². The average Bonchev–Trinajstić information content (AvgIpc) is 3.37. The van der Waals surface area contributed by atoms with Gasteiger partial charge in [-0.2, -0.15) is 0 Å². The molecule has 0 aliphatic rings. The maximum Gasteiger partial charge on any atom is 0.273 e. The van der Waals surface area contributed by atoms with Gasteiger partial charge in [0.05, 0.1) is 19.4 Å². The molecule has 0 saturated carbocycles. The van der Waals surface area contributed by atoms with Crippen LogP contribution < -0.4 is 5.32 Å². The Kier molecular flexibility index (Phi) is 6.90. The van der Waals surface area contributed by atoms with Crippen LogP contribution in [0.25, 0.3) is 0 Å². The number of rotatable bonds is 9. The monoisotopic (exact) mass is 401 g/mol. The number of carbonyl (C=O) groups is 1. The summed E-state index contributed by atoms with van der Waals surface area (Å²) in [5, 5.41) is 3.48. The lowest BCUT2D eigenvalue weighted by molar-refractivity contribution is 0.0943. The number of aromatic nitrogens is 1. The number of hydrogen-bond acceptors (Lipinski definition) is 5. The topological polar surface area (TPSA) is 71.5 Å². The summed E-state index contributed by atoms with van der Waals surface area (Å²) in [6.45, 7) is 5.83. The Morgan fingerprint density at radius 2 is 2.11 bits per heavy atom. The van der Waals surface area contributed by atoms with Crippen molar-refractivity contribution in [1.29, 1.82) is 0 Å². The Morgan fingerprint density at radius 1 is 1.25 bits per heavy atom. The minimum atomic E-state index is -0.295. The van der Waals surface area contributed by atoms with Gasteiger partial charge in [0, 0.05) is 17.6 Å². The van der Waals surface area contributed by atoms with E-state index in [1.54, 1.807) is 18.4 Å². The van der Waals surface area contributed by atoms with E-state index in [1.165, 1.54) is 6.26 Å². The maximum absolute atomic E-state index is 12.3. The van der Waals surface area contributed by atoms with E-state index in [2.05, 4.69) is 29.0 Å². The smallest absolute Gasteiger partial charge is 0.273 e. The number of furan rings is 1. The molecule has 1 amide bonds. The molecule has 0 aliphatic heterocycles. The summed E-state index contributed by atoms with van der Waals surface area (Å²) in [5.74, 6) is 0.892. The zero-order valence-electron chi connectivity index (χ0n) is 16.0. The molecule has 148 valence electrons. The Labute approximate surface area is 169 Å². The van der Waals surface area contributed by atoms with Crippen molar-refractivity contribution in [3.8, 4) is 0 Å². The fourth-order valence-corrected chi connectivity index (χ4v) is 3.04. The van der Waals surface area contributed by atoms with E-state index in [4.69, 9.17) is 20.4 Å². The summed E-state index contributed by atoms with van der Waals surface area (Å²) in [4.78, 5) is 18.9. The van der Waals surface area contributed by atoms with E-state index in [0.29, 0.717) is 35.8 Å². The Balaban J connectivity index is 1.63. The molecule has 0 aliphatic carbocycles. The third kappa shape index (κ3) is 5.47. The van der Waals surface area contributed by atoms with Gasteiger partial charge >= 0.3 is 0 Å². The van der Waals surface area contributed by atoms with Crippen molar-refractivity contribution in [1.82, 2.24) is 15.2 Å². The standard InChI is InChI=1S/C21H24ClN3O3/c1-3-15(2)25(12-16-6-4-7-17(22)10-16)13-20-24-19(14-28-20)21(26)23-11-18-8-5-9-27-18/h4-10,14-15H,3,11-13H2,1-2H3,(H,23,26). The van der Waals surface area contributed by atoms with Crippen molar-refractivity contribution >= 4 is 17.5 Å². The lowest BCUT2D eigenvalue weighted by atomic mass is 10.1. The number of hydrogen-bond donors (Lipinski definition) is 1. The second-order valence-corrected chi connectivity index (χ2v) is 7.12. The average molecular weight is 402 g/mol.